The fourth-order valence-electron chi connectivity index (χ4n) is 1.15. The quantitative estimate of drug-likeness (QED) is 0.592. The predicted molar refractivity (Wildman–Crippen MR) is 65.2 cm³/mol. The van der Waals surface area contributed by atoms with Crippen molar-refractivity contribution < 1.29 is 23.9 Å². The number of carbonyl (C=O) groups is 3. The minimum absolute atomic E-state index is 0.252. The molecule has 0 bridgehead atoms. The molecular formula is C12H14N2O5. The maximum absolute atomic E-state index is 11.2. The van der Waals surface area contributed by atoms with E-state index in [1.54, 1.807) is 0 Å². The number of ether oxygens (including phenoxy) is 2. The topological polar surface area (TPSA) is 93.7 Å². The van der Waals surface area contributed by atoms with Gasteiger partial charge in [0.1, 0.15) is 5.75 Å². The van der Waals surface area contributed by atoms with E-state index in [4.69, 9.17) is 4.74 Å². The number of hydrogen-bond donors (Lipinski definition) is 2. The summed E-state index contributed by atoms with van der Waals surface area (Å²) in [5.74, 6) is -0.899. The van der Waals surface area contributed by atoms with Gasteiger partial charge in [-0.05, 0) is 24.3 Å². The van der Waals surface area contributed by atoms with Crippen molar-refractivity contribution in [3.05, 3.63) is 29.8 Å². The fourth-order valence-corrected chi connectivity index (χ4v) is 1.15. The molecule has 19 heavy (non-hydrogen) atoms. The molecule has 0 spiro atoms. The molecule has 0 atom stereocenters. The zero-order valence-electron chi connectivity index (χ0n) is 10.6. The van der Waals surface area contributed by atoms with Crippen LogP contribution in [0.15, 0.2) is 24.3 Å². The number of benzene rings is 1. The molecule has 0 fully saturated rings. The van der Waals surface area contributed by atoms with Crippen LogP contribution in [0.1, 0.15) is 17.3 Å². The lowest BCUT2D eigenvalue weighted by atomic mass is 10.2. The van der Waals surface area contributed by atoms with Crippen molar-refractivity contribution in [2.75, 3.05) is 13.7 Å². The minimum atomic E-state index is -0.493. The Morgan fingerprint density at radius 3 is 2.26 bits per heavy atom. The maximum atomic E-state index is 11.2. The van der Waals surface area contributed by atoms with E-state index in [2.05, 4.69) is 15.6 Å². The third kappa shape index (κ3) is 5.07. The Balaban J connectivity index is 2.43. The normalized spacial score (nSPS) is 9.37. The van der Waals surface area contributed by atoms with Crippen LogP contribution in [0.4, 0.5) is 0 Å². The van der Waals surface area contributed by atoms with Crippen molar-refractivity contribution in [2.45, 2.75) is 6.92 Å². The molecular weight excluding hydrogens is 252 g/mol. The Labute approximate surface area is 109 Å². The summed E-state index contributed by atoms with van der Waals surface area (Å²) in [4.78, 5) is 32.9. The highest BCUT2D eigenvalue weighted by atomic mass is 16.5. The van der Waals surface area contributed by atoms with Gasteiger partial charge in [-0.15, -0.1) is 0 Å². The summed E-state index contributed by atoms with van der Waals surface area (Å²) in [6, 6.07) is 6.12. The first-order chi connectivity index (χ1) is 9.02. The molecule has 0 saturated carbocycles. The molecule has 2 N–H and O–H groups in total. The van der Waals surface area contributed by atoms with Crippen molar-refractivity contribution in [1.29, 1.82) is 0 Å². The molecule has 0 aliphatic carbocycles. The van der Waals surface area contributed by atoms with Crippen LogP contribution < -0.4 is 15.6 Å². The van der Waals surface area contributed by atoms with Gasteiger partial charge in [-0.1, -0.05) is 0 Å². The van der Waals surface area contributed by atoms with Crippen LogP contribution in [0.2, 0.25) is 0 Å². The first-order valence-electron chi connectivity index (χ1n) is 5.39. The summed E-state index contributed by atoms with van der Waals surface area (Å²) in [5.41, 5.74) is 4.67. The van der Waals surface area contributed by atoms with E-state index in [1.165, 1.54) is 38.3 Å². The standard InChI is InChI=1S/C12H14N2O5/c1-8(15)13-14-11(16)7-19-10-5-3-9(4-6-10)12(17)18-2/h3-6H,7H2,1-2H3,(H,13,15)(H,14,16). The zero-order valence-corrected chi connectivity index (χ0v) is 10.6. The molecule has 1 aromatic rings. The van der Waals surface area contributed by atoms with Crippen molar-refractivity contribution in [3.8, 4) is 5.75 Å². The van der Waals surface area contributed by atoms with E-state index >= 15 is 0 Å². The summed E-state index contributed by atoms with van der Waals surface area (Å²) >= 11 is 0. The SMILES string of the molecule is COC(=O)c1ccc(OCC(=O)NNC(C)=O)cc1. The van der Waals surface area contributed by atoms with Crippen LogP contribution in [-0.2, 0) is 14.3 Å². The number of esters is 1. The van der Waals surface area contributed by atoms with E-state index in [0.717, 1.165) is 0 Å². The summed E-state index contributed by atoms with van der Waals surface area (Å²) < 4.78 is 9.70. The number of carbonyl (C=O) groups excluding carboxylic acids is 3. The summed E-state index contributed by atoms with van der Waals surface area (Å²) in [6.45, 7) is 1.02. The molecule has 0 saturated heterocycles. The fraction of sp³-hybridized carbons (Fsp3) is 0.250. The number of nitrogens with one attached hydrogen (secondary N) is 2. The van der Waals surface area contributed by atoms with Crippen LogP contribution in [0.5, 0.6) is 5.75 Å². The Kier molecular flexibility index (Phi) is 5.34. The van der Waals surface area contributed by atoms with E-state index in [0.29, 0.717) is 11.3 Å². The van der Waals surface area contributed by atoms with Gasteiger partial charge in [0.2, 0.25) is 5.91 Å². The van der Waals surface area contributed by atoms with Crippen LogP contribution in [0.3, 0.4) is 0 Å². The van der Waals surface area contributed by atoms with Gasteiger partial charge < -0.3 is 9.47 Å². The monoisotopic (exact) mass is 266 g/mol. The molecule has 0 unspecified atom stereocenters. The Morgan fingerprint density at radius 1 is 1.11 bits per heavy atom. The first-order valence-corrected chi connectivity index (χ1v) is 5.39. The van der Waals surface area contributed by atoms with Crippen LogP contribution >= 0.6 is 0 Å². The molecule has 102 valence electrons. The maximum Gasteiger partial charge on any atom is 0.337 e. The second-order valence-corrected chi connectivity index (χ2v) is 3.53. The highest BCUT2D eigenvalue weighted by molar-refractivity contribution is 5.89. The predicted octanol–water partition coefficient (Wildman–Crippen LogP) is 0.0193. The number of rotatable bonds is 4. The number of methoxy groups -OCH3 is 1. The van der Waals surface area contributed by atoms with Gasteiger partial charge in [0.05, 0.1) is 12.7 Å². The van der Waals surface area contributed by atoms with Crippen LogP contribution in [-0.4, -0.2) is 31.5 Å². The zero-order chi connectivity index (χ0) is 14.3. The van der Waals surface area contributed by atoms with Crippen molar-refractivity contribution in [2.24, 2.45) is 0 Å². The number of amides is 2. The second-order valence-electron chi connectivity index (χ2n) is 3.53. The Morgan fingerprint density at radius 2 is 1.74 bits per heavy atom. The summed E-state index contributed by atoms with van der Waals surface area (Å²) in [5, 5.41) is 0. The average molecular weight is 266 g/mol. The average Bonchev–Trinajstić information content (AvgIpc) is 2.42. The Bertz CT molecular complexity index is 470. The first kappa shape index (κ1) is 14.5. The van der Waals surface area contributed by atoms with Crippen molar-refractivity contribution in [1.82, 2.24) is 10.9 Å². The highest BCUT2D eigenvalue weighted by Gasteiger charge is 2.06. The molecule has 0 aliphatic rings. The molecule has 1 rings (SSSR count). The van der Waals surface area contributed by atoms with E-state index in [9.17, 15) is 14.4 Å². The molecule has 7 heteroatoms. The molecule has 7 nitrogen and oxygen atoms in total. The molecule has 0 aromatic heterocycles. The van der Waals surface area contributed by atoms with Crippen LogP contribution in [0.25, 0.3) is 0 Å². The lowest BCUT2D eigenvalue weighted by molar-refractivity contribution is -0.129. The van der Waals surface area contributed by atoms with Gasteiger partial charge in [0, 0.05) is 6.92 Å². The second kappa shape index (κ2) is 7.00. The summed E-state index contributed by atoms with van der Waals surface area (Å²) in [6.07, 6.45) is 0. The van der Waals surface area contributed by atoms with E-state index in [-0.39, 0.29) is 12.5 Å². The molecule has 0 radical (unpaired) electrons. The van der Waals surface area contributed by atoms with Gasteiger partial charge in [0.25, 0.3) is 5.91 Å². The van der Waals surface area contributed by atoms with Gasteiger partial charge in [-0.25, -0.2) is 4.79 Å². The smallest absolute Gasteiger partial charge is 0.337 e. The van der Waals surface area contributed by atoms with Gasteiger partial charge in [-0.2, -0.15) is 0 Å². The molecule has 0 heterocycles. The Hall–Kier alpha value is -2.57. The lowest BCUT2D eigenvalue weighted by Gasteiger charge is -2.07. The van der Waals surface area contributed by atoms with Gasteiger partial charge >= 0.3 is 5.97 Å². The third-order valence-electron chi connectivity index (χ3n) is 2.02. The van der Waals surface area contributed by atoms with Crippen molar-refractivity contribution in [3.63, 3.8) is 0 Å². The molecule has 0 aliphatic heterocycles. The third-order valence-corrected chi connectivity index (χ3v) is 2.02. The van der Waals surface area contributed by atoms with Gasteiger partial charge in [0.15, 0.2) is 6.61 Å². The lowest BCUT2D eigenvalue weighted by Crippen LogP contribution is -2.42. The number of hydrogen-bond acceptors (Lipinski definition) is 5. The largest absolute Gasteiger partial charge is 0.484 e. The summed E-state index contributed by atoms with van der Waals surface area (Å²) in [7, 11) is 1.29. The highest BCUT2D eigenvalue weighted by Crippen LogP contribution is 2.12. The van der Waals surface area contributed by atoms with E-state index < -0.39 is 11.9 Å². The van der Waals surface area contributed by atoms with Crippen molar-refractivity contribution >= 4 is 17.8 Å². The van der Waals surface area contributed by atoms with E-state index in [1.807, 2.05) is 0 Å². The minimum Gasteiger partial charge on any atom is -0.484 e. The van der Waals surface area contributed by atoms with Crippen LogP contribution in [0, 0.1) is 0 Å². The molecule has 2 amide bonds. The van der Waals surface area contributed by atoms with Gasteiger partial charge in [-0.3, -0.25) is 20.4 Å². The molecule has 1 aromatic carbocycles. The number of hydrazine groups is 1.